The molecule has 0 bridgehead atoms. The van der Waals surface area contributed by atoms with Crippen LogP contribution in [0.1, 0.15) is 46.0 Å². The molecule has 1 saturated carbocycles. The molecule has 2 atom stereocenters. The first kappa shape index (κ1) is 14.3. The van der Waals surface area contributed by atoms with Crippen LogP contribution in [0.15, 0.2) is 0 Å². The van der Waals surface area contributed by atoms with Gasteiger partial charge in [-0.3, -0.25) is 0 Å². The first-order chi connectivity index (χ1) is 7.59. The number of ether oxygens (including phenoxy) is 1. The number of nitrogens with one attached hydrogen (secondary N) is 1. The van der Waals surface area contributed by atoms with E-state index in [4.69, 9.17) is 4.74 Å². The van der Waals surface area contributed by atoms with Gasteiger partial charge in [0.15, 0.2) is 0 Å². The Kier molecular flexibility index (Phi) is 6.16. The van der Waals surface area contributed by atoms with E-state index in [1.807, 2.05) is 11.8 Å². The van der Waals surface area contributed by atoms with Crippen LogP contribution in [-0.2, 0) is 4.74 Å². The first-order valence-corrected chi connectivity index (χ1v) is 7.69. The zero-order valence-electron chi connectivity index (χ0n) is 11.2. The molecule has 0 spiro atoms. The van der Waals surface area contributed by atoms with Crippen molar-refractivity contribution in [1.29, 1.82) is 0 Å². The summed E-state index contributed by atoms with van der Waals surface area (Å²) < 4.78 is 5.44. The van der Waals surface area contributed by atoms with Crippen molar-refractivity contribution in [3.63, 3.8) is 0 Å². The predicted octanol–water partition coefficient (Wildman–Crippen LogP) is 3.07. The summed E-state index contributed by atoms with van der Waals surface area (Å²) in [4.78, 5) is 0. The third-order valence-corrected chi connectivity index (χ3v) is 4.86. The molecule has 16 heavy (non-hydrogen) atoms. The Morgan fingerprint density at radius 2 is 2.00 bits per heavy atom. The van der Waals surface area contributed by atoms with Gasteiger partial charge in [-0.1, -0.05) is 12.8 Å². The highest BCUT2D eigenvalue weighted by molar-refractivity contribution is 7.99. The second-order valence-corrected chi connectivity index (χ2v) is 6.41. The summed E-state index contributed by atoms with van der Waals surface area (Å²) in [6.07, 6.45) is 8.85. The maximum Gasteiger partial charge on any atom is 0.0634 e. The van der Waals surface area contributed by atoms with Gasteiger partial charge >= 0.3 is 0 Å². The Bertz CT molecular complexity index is 196. The second kappa shape index (κ2) is 6.87. The van der Waals surface area contributed by atoms with Crippen molar-refractivity contribution in [3.8, 4) is 0 Å². The van der Waals surface area contributed by atoms with Gasteiger partial charge in [-0.25, -0.2) is 0 Å². The van der Waals surface area contributed by atoms with Gasteiger partial charge in [0.05, 0.1) is 5.60 Å². The van der Waals surface area contributed by atoms with E-state index >= 15 is 0 Å². The molecule has 1 aliphatic rings. The fraction of sp³-hybridized carbons (Fsp3) is 1.00. The Morgan fingerprint density at radius 3 is 2.62 bits per heavy atom. The van der Waals surface area contributed by atoms with Gasteiger partial charge in [-0.2, -0.15) is 11.8 Å². The maximum atomic E-state index is 5.44. The van der Waals surface area contributed by atoms with Gasteiger partial charge in [0, 0.05) is 18.4 Å². The summed E-state index contributed by atoms with van der Waals surface area (Å²) in [5.74, 6) is 0. The lowest BCUT2D eigenvalue weighted by Gasteiger charge is -2.32. The molecule has 1 rings (SSSR count). The topological polar surface area (TPSA) is 21.3 Å². The largest absolute Gasteiger partial charge is 0.379 e. The van der Waals surface area contributed by atoms with E-state index in [1.54, 1.807) is 7.11 Å². The molecule has 0 aliphatic heterocycles. The van der Waals surface area contributed by atoms with Crippen LogP contribution in [-0.4, -0.2) is 36.8 Å². The standard InChI is InChI=1S/C13H27NOS/c1-13(2,15-3)9-10-14-11-7-5-6-8-12(11)16-4/h11-12,14H,5-10H2,1-4H3. The molecule has 1 fully saturated rings. The number of thioether (sulfide) groups is 1. The summed E-state index contributed by atoms with van der Waals surface area (Å²) in [6.45, 7) is 5.38. The zero-order chi connectivity index (χ0) is 12.0. The van der Waals surface area contributed by atoms with Crippen molar-refractivity contribution >= 4 is 11.8 Å². The lowest BCUT2D eigenvalue weighted by molar-refractivity contribution is 0.0151. The predicted molar refractivity (Wildman–Crippen MR) is 73.3 cm³/mol. The average molecular weight is 245 g/mol. The third-order valence-electron chi connectivity index (χ3n) is 3.69. The van der Waals surface area contributed by atoms with Crippen LogP contribution in [0.5, 0.6) is 0 Å². The van der Waals surface area contributed by atoms with Crippen molar-refractivity contribution in [2.24, 2.45) is 0 Å². The van der Waals surface area contributed by atoms with Gasteiger partial charge in [-0.05, 0) is 45.9 Å². The molecule has 2 nitrogen and oxygen atoms in total. The Labute approximate surface area is 105 Å². The first-order valence-electron chi connectivity index (χ1n) is 6.40. The van der Waals surface area contributed by atoms with Crippen LogP contribution >= 0.6 is 11.8 Å². The van der Waals surface area contributed by atoms with E-state index in [0.29, 0.717) is 0 Å². The van der Waals surface area contributed by atoms with E-state index in [2.05, 4.69) is 25.4 Å². The molecule has 1 aliphatic carbocycles. The zero-order valence-corrected chi connectivity index (χ0v) is 12.0. The summed E-state index contributed by atoms with van der Waals surface area (Å²) >= 11 is 2.02. The highest BCUT2D eigenvalue weighted by Crippen LogP contribution is 2.27. The van der Waals surface area contributed by atoms with Crippen LogP contribution in [0.2, 0.25) is 0 Å². The molecule has 96 valence electrons. The number of hydrogen-bond donors (Lipinski definition) is 1. The number of methoxy groups -OCH3 is 1. The van der Waals surface area contributed by atoms with Crippen molar-refractivity contribution < 1.29 is 4.74 Å². The Hall–Kier alpha value is 0.270. The molecule has 3 heteroatoms. The summed E-state index contributed by atoms with van der Waals surface area (Å²) in [6, 6.07) is 0.719. The van der Waals surface area contributed by atoms with Crippen LogP contribution in [0.25, 0.3) is 0 Å². The normalized spacial score (nSPS) is 27.0. The smallest absolute Gasteiger partial charge is 0.0634 e. The summed E-state index contributed by atoms with van der Waals surface area (Å²) in [7, 11) is 1.80. The average Bonchev–Trinajstić information content (AvgIpc) is 2.29. The van der Waals surface area contributed by atoms with Crippen LogP contribution in [0.4, 0.5) is 0 Å². The van der Waals surface area contributed by atoms with Crippen molar-refractivity contribution in [3.05, 3.63) is 0 Å². The molecule has 1 N–H and O–H groups in total. The van der Waals surface area contributed by atoms with Gasteiger partial charge in [0.1, 0.15) is 0 Å². The van der Waals surface area contributed by atoms with Gasteiger partial charge in [0.25, 0.3) is 0 Å². The minimum atomic E-state index is 0.0104. The van der Waals surface area contributed by atoms with Crippen molar-refractivity contribution in [1.82, 2.24) is 5.32 Å². The SMILES string of the molecule is COC(C)(C)CCNC1CCCCC1SC. The molecule has 0 amide bonds. The fourth-order valence-corrected chi connectivity index (χ4v) is 3.24. The minimum absolute atomic E-state index is 0.0104. The maximum absolute atomic E-state index is 5.44. The van der Waals surface area contributed by atoms with Crippen LogP contribution in [0, 0.1) is 0 Å². The third kappa shape index (κ3) is 4.64. The molecular formula is C13H27NOS. The van der Waals surface area contributed by atoms with Crippen LogP contribution < -0.4 is 5.32 Å². The molecule has 0 aromatic carbocycles. The molecule has 0 heterocycles. The van der Waals surface area contributed by atoms with Crippen LogP contribution in [0.3, 0.4) is 0 Å². The van der Waals surface area contributed by atoms with E-state index in [9.17, 15) is 0 Å². The van der Waals surface area contributed by atoms with E-state index in [0.717, 1.165) is 24.3 Å². The second-order valence-electron chi connectivity index (χ2n) is 5.33. The molecule has 0 radical (unpaired) electrons. The Balaban J connectivity index is 2.25. The van der Waals surface area contributed by atoms with Crippen molar-refractivity contribution in [2.45, 2.75) is 62.8 Å². The van der Waals surface area contributed by atoms with E-state index in [1.165, 1.54) is 25.7 Å². The molecule has 0 aromatic rings. The van der Waals surface area contributed by atoms with E-state index < -0.39 is 0 Å². The Morgan fingerprint density at radius 1 is 1.31 bits per heavy atom. The van der Waals surface area contributed by atoms with Crippen molar-refractivity contribution in [2.75, 3.05) is 19.9 Å². The lowest BCUT2D eigenvalue weighted by atomic mass is 9.94. The quantitative estimate of drug-likeness (QED) is 0.777. The summed E-state index contributed by atoms with van der Waals surface area (Å²) in [5, 5.41) is 4.53. The monoisotopic (exact) mass is 245 g/mol. The lowest BCUT2D eigenvalue weighted by Crippen LogP contribution is -2.42. The highest BCUT2D eigenvalue weighted by Gasteiger charge is 2.24. The number of hydrogen-bond acceptors (Lipinski definition) is 3. The highest BCUT2D eigenvalue weighted by atomic mass is 32.2. The summed E-state index contributed by atoms with van der Waals surface area (Å²) in [5.41, 5.74) is 0.0104. The molecule has 0 aromatic heterocycles. The van der Waals surface area contributed by atoms with Gasteiger partial charge in [-0.15, -0.1) is 0 Å². The minimum Gasteiger partial charge on any atom is -0.379 e. The molecule has 0 saturated heterocycles. The molecular weight excluding hydrogens is 218 g/mol. The molecule has 2 unspecified atom stereocenters. The fourth-order valence-electron chi connectivity index (χ4n) is 2.27. The van der Waals surface area contributed by atoms with Gasteiger partial charge < -0.3 is 10.1 Å². The van der Waals surface area contributed by atoms with E-state index in [-0.39, 0.29) is 5.60 Å². The number of rotatable bonds is 6. The van der Waals surface area contributed by atoms with Gasteiger partial charge in [0.2, 0.25) is 0 Å².